The van der Waals surface area contributed by atoms with Crippen molar-refractivity contribution in [2.75, 3.05) is 5.75 Å². The Morgan fingerprint density at radius 3 is 3.00 bits per heavy atom. The quantitative estimate of drug-likeness (QED) is 0.479. The molecule has 0 aliphatic rings. The number of fused-ring (bicyclic) bond motifs is 1. The van der Waals surface area contributed by atoms with Gasteiger partial charge in [-0.25, -0.2) is 4.98 Å². The molecule has 0 aliphatic heterocycles. The lowest BCUT2D eigenvalue weighted by Gasteiger charge is -2.11. The molecule has 0 unspecified atom stereocenters. The van der Waals surface area contributed by atoms with E-state index < -0.39 is 0 Å². The number of nitrogens with zero attached hydrogens (tertiary/aromatic N) is 2. The van der Waals surface area contributed by atoms with Crippen LogP contribution in [0.1, 0.15) is 13.3 Å². The van der Waals surface area contributed by atoms with E-state index in [9.17, 15) is 4.79 Å². The highest BCUT2D eigenvalue weighted by molar-refractivity contribution is 7.99. The number of hydrogen-bond acceptors (Lipinski definition) is 3. The Balaban J connectivity index is 2.66. The molecular formula is C14H15ClN2OS. The number of halogens is 1. The topological polar surface area (TPSA) is 34.9 Å². The zero-order valence-corrected chi connectivity index (χ0v) is 12.3. The maximum absolute atomic E-state index is 12.5. The summed E-state index contributed by atoms with van der Waals surface area (Å²) in [6.07, 6.45) is 2.69. The van der Waals surface area contributed by atoms with Gasteiger partial charge in [0.25, 0.3) is 5.56 Å². The smallest absolute Gasteiger partial charge is 0.262 e. The van der Waals surface area contributed by atoms with E-state index in [1.807, 2.05) is 6.92 Å². The van der Waals surface area contributed by atoms with E-state index in [1.54, 1.807) is 28.8 Å². The van der Waals surface area contributed by atoms with Gasteiger partial charge in [0.05, 0.1) is 10.9 Å². The van der Waals surface area contributed by atoms with Gasteiger partial charge in [0, 0.05) is 17.3 Å². The molecule has 0 saturated carbocycles. The summed E-state index contributed by atoms with van der Waals surface area (Å²) in [5.74, 6) is 0.724. The Labute approximate surface area is 121 Å². The van der Waals surface area contributed by atoms with Crippen LogP contribution in [0.3, 0.4) is 0 Å². The summed E-state index contributed by atoms with van der Waals surface area (Å²) >= 11 is 7.47. The molecule has 5 heteroatoms. The van der Waals surface area contributed by atoms with Crippen LogP contribution in [0.2, 0.25) is 5.02 Å². The zero-order chi connectivity index (χ0) is 13.8. The highest BCUT2D eigenvalue weighted by atomic mass is 35.5. The third-order valence-electron chi connectivity index (χ3n) is 2.66. The molecule has 0 amide bonds. The van der Waals surface area contributed by atoms with Gasteiger partial charge < -0.3 is 0 Å². The minimum atomic E-state index is -0.00456. The number of hydrogen-bond donors (Lipinski definition) is 0. The maximum atomic E-state index is 12.5. The molecule has 3 nitrogen and oxygen atoms in total. The first-order valence-electron chi connectivity index (χ1n) is 6.11. The normalized spacial score (nSPS) is 10.8. The van der Waals surface area contributed by atoms with Crippen LogP contribution in [0.15, 0.2) is 40.8 Å². The minimum Gasteiger partial charge on any atom is -0.287 e. The zero-order valence-electron chi connectivity index (χ0n) is 10.7. The maximum Gasteiger partial charge on any atom is 0.262 e. The third-order valence-corrected chi connectivity index (χ3v) is 3.87. The van der Waals surface area contributed by atoms with Crippen LogP contribution in [0, 0.1) is 0 Å². The lowest BCUT2D eigenvalue weighted by molar-refractivity contribution is 0.585. The molecular weight excluding hydrogens is 280 g/mol. The van der Waals surface area contributed by atoms with Crippen LogP contribution in [0.25, 0.3) is 10.9 Å². The molecule has 0 saturated heterocycles. The average Bonchev–Trinajstić information content (AvgIpc) is 2.40. The van der Waals surface area contributed by atoms with Crippen molar-refractivity contribution in [3.05, 3.63) is 46.2 Å². The predicted molar refractivity (Wildman–Crippen MR) is 82.2 cm³/mol. The second kappa shape index (κ2) is 6.26. The van der Waals surface area contributed by atoms with Crippen molar-refractivity contribution in [1.82, 2.24) is 9.55 Å². The summed E-state index contributed by atoms with van der Waals surface area (Å²) in [5, 5.41) is 1.93. The van der Waals surface area contributed by atoms with Gasteiger partial charge >= 0.3 is 0 Å². The number of benzene rings is 1. The summed E-state index contributed by atoms with van der Waals surface area (Å²) in [4.78, 5) is 17.0. The monoisotopic (exact) mass is 294 g/mol. The second-order valence-corrected chi connectivity index (χ2v) is 5.54. The van der Waals surface area contributed by atoms with Gasteiger partial charge in [-0.05, 0) is 24.6 Å². The Hall–Kier alpha value is -1.26. The first-order valence-corrected chi connectivity index (χ1v) is 7.47. The highest BCUT2D eigenvalue weighted by Gasteiger charge is 2.10. The van der Waals surface area contributed by atoms with Gasteiger partial charge in [0.2, 0.25) is 0 Å². The SMILES string of the molecule is C=CCSc1nc2cc(Cl)ccc2c(=O)n1CCC. The number of rotatable bonds is 5. The summed E-state index contributed by atoms with van der Waals surface area (Å²) in [7, 11) is 0. The fourth-order valence-electron chi connectivity index (χ4n) is 1.84. The van der Waals surface area contributed by atoms with Crippen LogP contribution in [-0.4, -0.2) is 15.3 Å². The van der Waals surface area contributed by atoms with Crippen molar-refractivity contribution in [1.29, 1.82) is 0 Å². The Bertz CT molecular complexity index is 666. The lowest BCUT2D eigenvalue weighted by atomic mass is 10.2. The largest absolute Gasteiger partial charge is 0.287 e. The van der Waals surface area contributed by atoms with E-state index in [0.29, 0.717) is 22.5 Å². The van der Waals surface area contributed by atoms with E-state index in [1.165, 1.54) is 11.8 Å². The molecule has 1 aromatic carbocycles. The molecule has 1 heterocycles. The first kappa shape index (κ1) is 14.2. The second-order valence-electron chi connectivity index (χ2n) is 4.11. The van der Waals surface area contributed by atoms with Crippen LogP contribution < -0.4 is 5.56 Å². The van der Waals surface area contributed by atoms with Crippen LogP contribution in [-0.2, 0) is 6.54 Å². The van der Waals surface area contributed by atoms with Crippen molar-refractivity contribution >= 4 is 34.3 Å². The van der Waals surface area contributed by atoms with Crippen LogP contribution >= 0.6 is 23.4 Å². The Kier molecular flexibility index (Phi) is 4.66. The van der Waals surface area contributed by atoms with Gasteiger partial charge in [-0.15, -0.1) is 6.58 Å². The molecule has 0 fully saturated rings. The molecule has 0 radical (unpaired) electrons. The average molecular weight is 295 g/mol. The van der Waals surface area contributed by atoms with Gasteiger partial charge in [0.15, 0.2) is 5.16 Å². The molecule has 0 N–H and O–H groups in total. The van der Waals surface area contributed by atoms with E-state index in [0.717, 1.165) is 17.3 Å². The summed E-state index contributed by atoms with van der Waals surface area (Å²) in [5.41, 5.74) is 0.645. The minimum absolute atomic E-state index is 0.00456. The van der Waals surface area contributed by atoms with Gasteiger partial charge in [-0.3, -0.25) is 9.36 Å². The van der Waals surface area contributed by atoms with Crippen molar-refractivity contribution in [3.8, 4) is 0 Å². The molecule has 0 spiro atoms. The molecule has 0 aliphatic carbocycles. The number of aromatic nitrogens is 2. The Morgan fingerprint density at radius 2 is 2.32 bits per heavy atom. The molecule has 19 heavy (non-hydrogen) atoms. The molecule has 1 aromatic heterocycles. The highest BCUT2D eigenvalue weighted by Crippen LogP contribution is 2.20. The molecule has 0 bridgehead atoms. The molecule has 0 atom stereocenters. The molecule has 100 valence electrons. The summed E-state index contributed by atoms with van der Waals surface area (Å²) in [6, 6.07) is 5.19. The lowest BCUT2D eigenvalue weighted by Crippen LogP contribution is -2.23. The van der Waals surface area contributed by atoms with E-state index in [4.69, 9.17) is 11.6 Å². The number of thioether (sulfide) groups is 1. The van der Waals surface area contributed by atoms with Crippen molar-refractivity contribution in [2.45, 2.75) is 25.0 Å². The standard InChI is InChI=1S/C14H15ClN2OS/c1-3-7-17-13(18)11-6-5-10(15)9-12(11)16-14(17)19-8-4-2/h4-6,9H,2-3,7-8H2,1H3. The fraction of sp³-hybridized carbons (Fsp3) is 0.286. The van der Waals surface area contributed by atoms with Crippen molar-refractivity contribution in [2.24, 2.45) is 0 Å². The van der Waals surface area contributed by atoms with E-state index in [-0.39, 0.29) is 5.56 Å². The molecule has 2 rings (SSSR count). The van der Waals surface area contributed by atoms with Gasteiger partial charge in [0.1, 0.15) is 0 Å². The van der Waals surface area contributed by atoms with Gasteiger partial charge in [-0.2, -0.15) is 0 Å². The first-order chi connectivity index (χ1) is 9.17. The van der Waals surface area contributed by atoms with Crippen molar-refractivity contribution in [3.63, 3.8) is 0 Å². The van der Waals surface area contributed by atoms with E-state index in [2.05, 4.69) is 11.6 Å². The third kappa shape index (κ3) is 3.01. The summed E-state index contributed by atoms with van der Waals surface area (Å²) in [6.45, 7) is 6.41. The Morgan fingerprint density at radius 1 is 1.53 bits per heavy atom. The predicted octanol–water partition coefficient (Wildman–Crippen LogP) is 3.74. The summed E-state index contributed by atoms with van der Waals surface area (Å²) < 4.78 is 1.73. The fourth-order valence-corrected chi connectivity index (χ4v) is 2.76. The van der Waals surface area contributed by atoms with Crippen molar-refractivity contribution < 1.29 is 0 Å². The van der Waals surface area contributed by atoms with E-state index >= 15 is 0 Å². The van der Waals surface area contributed by atoms with Gasteiger partial charge in [-0.1, -0.05) is 36.4 Å². The van der Waals surface area contributed by atoms with Crippen LogP contribution in [0.4, 0.5) is 0 Å². The molecule has 2 aromatic rings. The van der Waals surface area contributed by atoms with Crippen LogP contribution in [0.5, 0.6) is 0 Å².